The number of hydrogen-bond donors (Lipinski definition) is 1. The molecule has 2 heterocycles. The Kier molecular flexibility index (Phi) is 6.37. The molecule has 1 aliphatic rings. The summed E-state index contributed by atoms with van der Waals surface area (Å²) < 4.78 is 17.2. The topological polar surface area (TPSA) is 73.1 Å². The van der Waals surface area contributed by atoms with Crippen LogP contribution in [0.4, 0.5) is 5.69 Å². The molecule has 1 atom stereocenters. The Morgan fingerprint density at radius 1 is 1.23 bits per heavy atom. The Morgan fingerprint density at radius 3 is 2.71 bits per heavy atom. The summed E-state index contributed by atoms with van der Waals surface area (Å²) in [5.41, 5.74) is 3.13. The Labute approximate surface area is 181 Å². The minimum atomic E-state index is -0.235. The van der Waals surface area contributed by atoms with Crippen LogP contribution in [0.2, 0.25) is 0 Å². The predicted molar refractivity (Wildman–Crippen MR) is 120 cm³/mol. The molecule has 0 bridgehead atoms. The fourth-order valence-electron chi connectivity index (χ4n) is 3.69. The third kappa shape index (κ3) is 4.80. The van der Waals surface area contributed by atoms with Gasteiger partial charge in [-0.15, -0.1) is 0 Å². The molecule has 162 valence electrons. The van der Waals surface area contributed by atoms with Gasteiger partial charge in [0.15, 0.2) is 11.3 Å². The van der Waals surface area contributed by atoms with E-state index in [0.717, 1.165) is 30.5 Å². The summed E-state index contributed by atoms with van der Waals surface area (Å²) in [6.07, 6.45) is 2.04. The van der Waals surface area contributed by atoms with Gasteiger partial charge in [0.25, 0.3) is 5.91 Å². The maximum atomic E-state index is 13.0. The molecule has 0 unspecified atom stereocenters. The van der Waals surface area contributed by atoms with E-state index in [1.807, 2.05) is 42.5 Å². The number of benzene rings is 2. The Balaban J connectivity index is 1.76. The average Bonchev–Trinajstić information content (AvgIpc) is 3.30. The number of fused-ring (bicyclic) bond motifs is 1. The predicted octanol–water partition coefficient (Wildman–Crippen LogP) is 4.71. The van der Waals surface area contributed by atoms with E-state index in [4.69, 9.17) is 13.9 Å². The summed E-state index contributed by atoms with van der Waals surface area (Å²) in [6.45, 7) is 5.51. The van der Waals surface area contributed by atoms with Gasteiger partial charge in [0.2, 0.25) is 5.55 Å². The normalized spacial score (nSPS) is 16.8. The van der Waals surface area contributed by atoms with Crippen LogP contribution in [0.3, 0.4) is 0 Å². The summed E-state index contributed by atoms with van der Waals surface area (Å²) in [5.74, 6) is 0.791. The van der Waals surface area contributed by atoms with Gasteiger partial charge >= 0.3 is 0 Å². The molecule has 1 amide bonds. The average molecular weight is 421 g/mol. The molecule has 1 saturated heterocycles. The van der Waals surface area contributed by atoms with Crippen LogP contribution < -0.4 is 15.6 Å². The molecule has 4 rings (SSSR count). The van der Waals surface area contributed by atoms with Crippen LogP contribution in [0.15, 0.2) is 57.9 Å². The number of ether oxygens (including phenoxy) is 2. The molecule has 31 heavy (non-hydrogen) atoms. The van der Waals surface area contributed by atoms with E-state index in [9.17, 15) is 4.79 Å². The molecule has 0 radical (unpaired) electrons. The number of amides is 1. The number of hydrogen-bond acceptors (Lipinski definition) is 5. The number of nitrogens with one attached hydrogen (secondary N) is 1. The van der Waals surface area contributed by atoms with Crippen molar-refractivity contribution in [3.8, 4) is 5.75 Å². The van der Waals surface area contributed by atoms with Crippen LogP contribution in [0.25, 0.3) is 11.0 Å². The largest absolute Gasteiger partial charge is 0.493 e. The van der Waals surface area contributed by atoms with E-state index in [1.165, 1.54) is 5.56 Å². The van der Waals surface area contributed by atoms with Crippen molar-refractivity contribution >= 4 is 22.6 Å². The number of nitrogens with zero attached hydrogens (tertiary/aromatic N) is 1. The first-order valence-electron chi connectivity index (χ1n) is 10.7. The second-order valence-corrected chi connectivity index (χ2v) is 8.05. The van der Waals surface area contributed by atoms with Gasteiger partial charge < -0.3 is 19.2 Å². The molecule has 6 nitrogen and oxygen atoms in total. The fraction of sp³-hybridized carbons (Fsp3) is 0.360. The standard InChI is InChI=1S/C25H28N2O4/c1-16(2)17-9-11-19(12-10-17)27-25-21(24(28)26-15-20-7-5-13-30-20)14-18-6-4-8-22(29-3)23(18)31-25/h4,6,8-12,14,16,20H,5,7,13,15H2,1-3H3,(H,26,28)/t20-/m1/s1. The highest BCUT2D eigenvalue weighted by Gasteiger charge is 2.19. The molecular weight excluding hydrogens is 392 g/mol. The van der Waals surface area contributed by atoms with Crippen LogP contribution in [0, 0.1) is 0 Å². The van der Waals surface area contributed by atoms with Crippen molar-refractivity contribution in [1.29, 1.82) is 0 Å². The van der Waals surface area contributed by atoms with E-state index >= 15 is 0 Å². The molecule has 0 saturated carbocycles. The van der Waals surface area contributed by atoms with Gasteiger partial charge in [0, 0.05) is 18.5 Å². The second-order valence-electron chi connectivity index (χ2n) is 8.05. The Bertz CT molecular complexity index is 1130. The van der Waals surface area contributed by atoms with Crippen molar-refractivity contribution < 1.29 is 18.7 Å². The van der Waals surface area contributed by atoms with Gasteiger partial charge in [-0.05, 0) is 48.6 Å². The molecular formula is C25H28N2O4. The maximum Gasteiger partial charge on any atom is 0.256 e. The van der Waals surface area contributed by atoms with Gasteiger partial charge in [-0.3, -0.25) is 4.79 Å². The Morgan fingerprint density at radius 2 is 2.03 bits per heavy atom. The zero-order valence-corrected chi connectivity index (χ0v) is 18.2. The summed E-state index contributed by atoms with van der Waals surface area (Å²) in [6, 6.07) is 15.3. The molecule has 6 heteroatoms. The van der Waals surface area contributed by atoms with E-state index in [2.05, 4.69) is 24.2 Å². The third-order valence-electron chi connectivity index (χ3n) is 5.51. The first kappa shape index (κ1) is 21.1. The maximum absolute atomic E-state index is 13.0. The highest BCUT2D eigenvalue weighted by molar-refractivity contribution is 5.97. The van der Waals surface area contributed by atoms with Crippen LogP contribution in [0.5, 0.6) is 5.75 Å². The SMILES string of the molecule is COc1cccc2cc(C(=O)NC[C@H]3CCCO3)c(=Nc3ccc(C(C)C)cc3)oc12. The van der Waals surface area contributed by atoms with Gasteiger partial charge in [0.05, 0.1) is 18.9 Å². The van der Waals surface area contributed by atoms with E-state index in [1.54, 1.807) is 13.2 Å². The second kappa shape index (κ2) is 9.35. The highest BCUT2D eigenvalue weighted by Crippen LogP contribution is 2.25. The minimum Gasteiger partial charge on any atom is -0.493 e. The summed E-state index contributed by atoms with van der Waals surface area (Å²) >= 11 is 0. The zero-order valence-electron chi connectivity index (χ0n) is 18.2. The molecule has 1 aromatic heterocycles. The van der Waals surface area contributed by atoms with Crippen LogP contribution in [-0.4, -0.2) is 32.3 Å². The Hall–Kier alpha value is -3.12. The smallest absolute Gasteiger partial charge is 0.256 e. The number of carbonyl (C=O) groups excluding carboxylic acids is 1. The molecule has 3 aromatic rings. The van der Waals surface area contributed by atoms with Gasteiger partial charge in [-0.2, -0.15) is 0 Å². The summed E-state index contributed by atoms with van der Waals surface area (Å²) in [7, 11) is 1.59. The van der Waals surface area contributed by atoms with Crippen molar-refractivity contribution in [2.24, 2.45) is 4.99 Å². The lowest BCUT2D eigenvalue weighted by Crippen LogP contribution is -2.34. The molecule has 1 fully saturated rings. The molecule has 1 N–H and O–H groups in total. The number of methoxy groups -OCH3 is 1. The quantitative estimate of drug-likeness (QED) is 0.627. The lowest BCUT2D eigenvalue weighted by Gasteiger charge is -2.12. The van der Waals surface area contributed by atoms with Crippen LogP contribution in [-0.2, 0) is 4.74 Å². The minimum absolute atomic E-state index is 0.0606. The first-order valence-corrected chi connectivity index (χ1v) is 10.7. The van der Waals surface area contributed by atoms with Gasteiger partial charge in [-0.1, -0.05) is 38.1 Å². The highest BCUT2D eigenvalue weighted by atomic mass is 16.5. The monoisotopic (exact) mass is 420 g/mol. The van der Waals surface area contributed by atoms with Crippen LogP contribution >= 0.6 is 0 Å². The van der Waals surface area contributed by atoms with Crippen molar-refractivity contribution in [2.75, 3.05) is 20.3 Å². The van der Waals surface area contributed by atoms with Crippen molar-refractivity contribution in [3.63, 3.8) is 0 Å². The van der Waals surface area contributed by atoms with Gasteiger partial charge in [0.1, 0.15) is 5.56 Å². The van der Waals surface area contributed by atoms with Crippen molar-refractivity contribution in [1.82, 2.24) is 5.32 Å². The first-order chi connectivity index (χ1) is 15.0. The molecule has 2 aromatic carbocycles. The molecule has 1 aliphatic heterocycles. The van der Waals surface area contributed by atoms with E-state index in [-0.39, 0.29) is 17.6 Å². The van der Waals surface area contributed by atoms with Crippen molar-refractivity contribution in [2.45, 2.75) is 38.7 Å². The van der Waals surface area contributed by atoms with Crippen molar-refractivity contribution in [3.05, 3.63) is 65.2 Å². The molecule has 0 aliphatic carbocycles. The van der Waals surface area contributed by atoms with Crippen LogP contribution in [0.1, 0.15) is 48.5 Å². The summed E-state index contributed by atoms with van der Waals surface area (Å²) in [4.78, 5) is 17.7. The number of para-hydroxylation sites is 1. The molecule has 0 spiro atoms. The lowest BCUT2D eigenvalue weighted by molar-refractivity contribution is 0.0854. The van der Waals surface area contributed by atoms with E-state index < -0.39 is 0 Å². The number of rotatable bonds is 6. The zero-order chi connectivity index (χ0) is 21.8. The van der Waals surface area contributed by atoms with Gasteiger partial charge in [-0.25, -0.2) is 4.99 Å². The third-order valence-corrected chi connectivity index (χ3v) is 5.51. The lowest BCUT2D eigenvalue weighted by atomic mass is 10.0. The summed E-state index contributed by atoms with van der Waals surface area (Å²) in [5, 5.41) is 3.74. The van der Waals surface area contributed by atoms with E-state index in [0.29, 0.717) is 29.4 Å². The fourth-order valence-corrected chi connectivity index (χ4v) is 3.69. The number of carbonyl (C=O) groups is 1.